The van der Waals surface area contributed by atoms with E-state index in [9.17, 15) is 0 Å². The summed E-state index contributed by atoms with van der Waals surface area (Å²) in [6.07, 6.45) is 0. The maximum absolute atomic E-state index is 9.10. The lowest BCUT2D eigenvalue weighted by Gasteiger charge is -2.08. The van der Waals surface area contributed by atoms with Crippen LogP contribution in [0, 0.1) is 0 Å². The molecule has 0 radical (unpaired) electrons. The standard InChI is InChI=1S/C9H13N.C2H2O4/c1-10(2)8-9-6-4-3-5-7-9;3-1(4)2(5)6/h3-7H,8H2,1-2H3;(H,3,4)(H,5,6). The summed E-state index contributed by atoms with van der Waals surface area (Å²) in [5.41, 5.74) is 1.37. The van der Waals surface area contributed by atoms with Crippen molar-refractivity contribution < 1.29 is 19.8 Å². The minimum Gasteiger partial charge on any atom is -0.473 e. The van der Waals surface area contributed by atoms with Crippen LogP contribution in [0.3, 0.4) is 0 Å². The van der Waals surface area contributed by atoms with E-state index < -0.39 is 11.9 Å². The van der Waals surface area contributed by atoms with Gasteiger partial charge in [0.25, 0.3) is 0 Å². The third-order valence-electron chi connectivity index (χ3n) is 1.52. The van der Waals surface area contributed by atoms with Gasteiger partial charge in [-0.1, -0.05) is 30.3 Å². The first kappa shape index (κ1) is 14.1. The van der Waals surface area contributed by atoms with Crippen molar-refractivity contribution in [2.45, 2.75) is 6.54 Å². The number of hydrogen-bond donors (Lipinski definition) is 2. The molecular formula is C11H15NO4. The van der Waals surface area contributed by atoms with Crippen molar-refractivity contribution >= 4 is 11.9 Å². The predicted molar refractivity (Wildman–Crippen MR) is 59.1 cm³/mol. The molecule has 0 spiro atoms. The molecule has 5 heteroatoms. The second-order valence-corrected chi connectivity index (χ2v) is 3.33. The molecule has 1 aromatic rings. The van der Waals surface area contributed by atoms with Crippen LogP contribution in [0.15, 0.2) is 30.3 Å². The van der Waals surface area contributed by atoms with Gasteiger partial charge in [-0.15, -0.1) is 0 Å². The summed E-state index contributed by atoms with van der Waals surface area (Å²) < 4.78 is 0. The Morgan fingerprint density at radius 3 is 1.81 bits per heavy atom. The first-order valence-corrected chi connectivity index (χ1v) is 4.58. The van der Waals surface area contributed by atoms with Gasteiger partial charge in [-0.3, -0.25) is 0 Å². The maximum atomic E-state index is 9.10. The molecule has 2 N–H and O–H groups in total. The summed E-state index contributed by atoms with van der Waals surface area (Å²) in [7, 11) is 4.15. The number of aliphatic carboxylic acids is 2. The minimum absolute atomic E-state index is 1.03. The second-order valence-electron chi connectivity index (χ2n) is 3.33. The minimum atomic E-state index is -1.82. The molecule has 0 heterocycles. The van der Waals surface area contributed by atoms with Crippen molar-refractivity contribution in [3.05, 3.63) is 35.9 Å². The summed E-state index contributed by atoms with van der Waals surface area (Å²) in [5, 5.41) is 14.8. The monoisotopic (exact) mass is 225 g/mol. The zero-order chi connectivity index (χ0) is 12.6. The lowest BCUT2D eigenvalue weighted by molar-refractivity contribution is -0.159. The van der Waals surface area contributed by atoms with E-state index in [4.69, 9.17) is 19.8 Å². The van der Waals surface area contributed by atoms with E-state index in [0.29, 0.717) is 0 Å². The summed E-state index contributed by atoms with van der Waals surface area (Å²) >= 11 is 0. The van der Waals surface area contributed by atoms with E-state index >= 15 is 0 Å². The fourth-order valence-electron chi connectivity index (χ4n) is 0.949. The Balaban J connectivity index is 0.000000325. The Bertz CT molecular complexity index is 323. The number of carboxylic acids is 2. The van der Waals surface area contributed by atoms with Gasteiger partial charge in [0.15, 0.2) is 0 Å². The smallest absolute Gasteiger partial charge is 0.414 e. The molecule has 0 atom stereocenters. The van der Waals surface area contributed by atoms with Crippen molar-refractivity contribution in [1.82, 2.24) is 4.90 Å². The zero-order valence-electron chi connectivity index (χ0n) is 9.25. The number of carbonyl (C=O) groups is 2. The van der Waals surface area contributed by atoms with Crippen molar-refractivity contribution in [2.75, 3.05) is 14.1 Å². The Kier molecular flexibility index (Phi) is 6.55. The molecule has 0 unspecified atom stereocenters. The van der Waals surface area contributed by atoms with Crippen LogP contribution in [0.2, 0.25) is 0 Å². The maximum Gasteiger partial charge on any atom is 0.414 e. The largest absolute Gasteiger partial charge is 0.473 e. The van der Waals surface area contributed by atoms with E-state index in [0.717, 1.165) is 6.54 Å². The van der Waals surface area contributed by atoms with Gasteiger partial charge in [-0.25, -0.2) is 9.59 Å². The SMILES string of the molecule is CN(C)Cc1ccccc1.O=C(O)C(=O)O. The highest BCUT2D eigenvalue weighted by atomic mass is 16.4. The molecular weight excluding hydrogens is 210 g/mol. The van der Waals surface area contributed by atoms with Crippen LogP contribution >= 0.6 is 0 Å². The lowest BCUT2D eigenvalue weighted by Crippen LogP contribution is -2.10. The van der Waals surface area contributed by atoms with Gasteiger partial charge in [0, 0.05) is 6.54 Å². The van der Waals surface area contributed by atoms with E-state index in [1.54, 1.807) is 0 Å². The number of nitrogens with zero attached hydrogens (tertiary/aromatic N) is 1. The van der Waals surface area contributed by atoms with Gasteiger partial charge in [0.05, 0.1) is 0 Å². The van der Waals surface area contributed by atoms with Crippen molar-refractivity contribution in [3.8, 4) is 0 Å². The fourth-order valence-corrected chi connectivity index (χ4v) is 0.949. The van der Waals surface area contributed by atoms with Gasteiger partial charge in [-0.05, 0) is 19.7 Å². The molecule has 0 fully saturated rings. The molecule has 0 saturated carbocycles. The average Bonchev–Trinajstić information content (AvgIpc) is 2.19. The first-order valence-electron chi connectivity index (χ1n) is 4.58. The average molecular weight is 225 g/mol. The number of carboxylic acid groups (broad SMARTS) is 2. The normalized spacial score (nSPS) is 9.19. The molecule has 0 saturated heterocycles. The number of benzene rings is 1. The van der Waals surface area contributed by atoms with E-state index in [-0.39, 0.29) is 0 Å². The Morgan fingerprint density at radius 1 is 1.06 bits per heavy atom. The summed E-state index contributed by atoms with van der Waals surface area (Å²) in [5.74, 6) is -3.65. The van der Waals surface area contributed by atoms with E-state index in [1.165, 1.54) is 5.56 Å². The molecule has 88 valence electrons. The number of hydrogen-bond acceptors (Lipinski definition) is 3. The van der Waals surface area contributed by atoms with Crippen molar-refractivity contribution in [1.29, 1.82) is 0 Å². The van der Waals surface area contributed by atoms with Crippen molar-refractivity contribution in [3.63, 3.8) is 0 Å². The van der Waals surface area contributed by atoms with Gasteiger partial charge >= 0.3 is 11.9 Å². The third-order valence-corrected chi connectivity index (χ3v) is 1.52. The molecule has 0 aliphatic heterocycles. The Hall–Kier alpha value is -1.88. The Labute approximate surface area is 93.9 Å². The molecule has 16 heavy (non-hydrogen) atoms. The van der Waals surface area contributed by atoms with Crippen molar-refractivity contribution in [2.24, 2.45) is 0 Å². The van der Waals surface area contributed by atoms with E-state index in [1.807, 2.05) is 6.07 Å². The van der Waals surface area contributed by atoms with E-state index in [2.05, 4.69) is 43.3 Å². The van der Waals surface area contributed by atoms with Crippen LogP contribution in [-0.4, -0.2) is 41.1 Å². The molecule has 0 aromatic heterocycles. The zero-order valence-corrected chi connectivity index (χ0v) is 9.25. The van der Waals surface area contributed by atoms with Crippen LogP contribution in [0.1, 0.15) is 5.56 Å². The highest BCUT2D eigenvalue weighted by Gasteiger charge is 2.04. The van der Waals surface area contributed by atoms with Crippen LogP contribution in [0.5, 0.6) is 0 Å². The summed E-state index contributed by atoms with van der Waals surface area (Å²) in [6, 6.07) is 10.5. The first-order chi connectivity index (χ1) is 7.43. The lowest BCUT2D eigenvalue weighted by atomic mass is 10.2. The van der Waals surface area contributed by atoms with Crippen LogP contribution in [0.25, 0.3) is 0 Å². The number of rotatable bonds is 2. The second kappa shape index (κ2) is 7.42. The van der Waals surface area contributed by atoms with Gasteiger partial charge in [0.2, 0.25) is 0 Å². The quantitative estimate of drug-likeness (QED) is 0.731. The van der Waals surface area contributed by atoms with Crippen LogP contribution in [0.4, 0.5) is 0 Å². The van der Waals surface area contributed by atoms with Gasteiger partial charge in [-0.2, -0.15) is 0 Å². The predicted octanol–water partition coefficient (Wildman–Crippen LogP) is 0.904. The fraction of sp³-hybridized carbons (Fsp3) is 0.273. The molecule has 0 aliphatic carbocycles. The van der Waals surface area contributed by atoms with Gasteiger partial charge < -0.3 is 15.1 Å². The molecule has 0 aliphatic rings. The van der Waals surface area contributed by atoms with Gasteiger partial charge in [0.1, 0.15) is 0 Å². The molecule has 0 amide bonds. The highest BCUT2D eigenvalue weighted by molar-refractivity contribution is 6.27. The summed E-state index contributed by atoms with van der Waals surface area (Å²) in [4.78, 5) is 20.4. The molecule has 5 nitrogen and oxygen atoms in total. The highest BCUT2D eigenvalue weighted by Crippen LogP contribution is 1.99. The third kappa shape index (κ3) is 7.52. The topological polar surface area (TPSA) is 77.8 Å². The Morgan fingerprint density at radius 2 is 1.50 bits per heavy atom. The van der Waals surface area contributed by atoms with Crippen LogP contribution in [-0.2, 0) is 16.1 Å². The summed E-state index contributed by atoms with van der Waals surface area (Å²) in [6.45, 7) is 1.03. The molecule has 0 bridgehead atoms. The molecule has 1 aromatic carbocycles. The van der Waals surface area contributed by atoms with Crippen LogP contribution < -0.4 is 0 Å². The molecule has 1 rings (SSSR count).